The highest BCUT2D eigenvalue weighted by Crippen LogP contribution is 2.31. The molecular weight excluding hydrogens is 248 g/mol. The Morgan fingerprint density at radius 3 is 3.11 bits per heavy atom. The first kappa shape index (κ1) is 11.5. The molecular formula is C12H12N4O3. The molecule has 0 unspecified atom stereocenters. The molecule has 7 heteroatoms. The Hall–Kier alpha value is -2.57. The number of carbonyl (C=O) groups is 1. The van der Waals surface area contributed by atoms with E-state index in [0.717, 1.165) is 11.4 Å². The first-order valence-corrected chi connectivity index (χ1v) is 5.85. The van der Waals surface area contributed by atoms with Crippen LogP contribution < -0.4 is 9.64 Å². The molecule has 0 radical (unpaired) electrons. The van der Waals surface area contributed by atoms with E-state index in [9.17, 15) is 4.79 Å². The number of hydrogen-bond acceptors (Lipinski definition) is 5. The highest BCUT2D eigenvalue weighted by Gasteiger charge is 2.22. The molecule has 0 atom stereocenters. The molecule has 1 aliphatic rings. The summed E-state index contributed by atoms with van der Waals surface area (Å²) in [6, 6.07) is 7.65. The van der Waals surface area contributed by atoms with Crippen LogP contribution in [-0.2, 0) is 6.54 Å². The lowest BCUT2D eigenvalue weighted by Crippen LogP contribution is -2.32. The van der Waals surface area contributed by atoms with Gasteiger partial charge in [0.2, 0.25) is 0 Å². The van der Waals surface area contributed by atoms with Gasteiger partial charge in [-0.05, 0) is 12.1 Å². The minimum atomic E-state index is -1.08. The Morgan fingerprint density at radius 2 is 2.26 bits per heavy atom. The third kappa shape index (κ3) is 2.10. The maximum Gasteiger partial charge on any atom is 0.358 e. The van der Waals surface area contributed by atoms with Crippen LogP contribution in [-0.4, -0.2) is 39.6 Å². The van der Waals surface area contributed by atoms with Crippen molar-refractivity contribution in [1.29, 1.82) is 0 Å². The molecule has 2 aromatic rings. The van der Waals surface area contributed by atoms with Crippen LogP contribution in [0.1, 0.15) is 16.2 Å². The van der Waals surface area contributed by atoms with Crippen LogP contribution in [0, 0.1) is 0 Å². The molecule has 0 spiro atoms. The highest BCUT2D eigenvalue weighted by molar-refractivity contribution is 5.86. The van der Waals surface area contributed by atoms with Gasteiger partial charge >= 0.3 is 5.97 Å². The summed E-state index contributed by atoms with van der Waals surface area (Å²) in [5, 5.41) is 18.9. The second-order valence-electron chi connectivity index (χ2n) is 4.16. The van der Waals surface area contributed by atoms with Crippen LogP contribution in [0.5, 0.6) is 5.75 Å². The summed E-state index contributed by atoms with van der Waals surface area (Å²) >= 11 is 0. The summed E-state index contributed by atoms with van der Waals surface area (Å²) in [6.07, 6.45) is 0. The van der Waals surface area contributed by atoms with Crippen molar-refractivity contribution >= 4 is 11.7 Å². The lowest BCUT2D eigenvalue weighted by atomic mass is 10.2. The molecule has 1 aliphatic heterocycles. The molecule has 0 saturated carbocycles. The second-order valence-corrected chi connectivity index (χ2v) is 4.16. The van der Waals surface area contributed by atoms with Crippen molar-refractivity contribution in [3.63, 3.8) is 0 Å². The topological polar surface area (TPSA) is 91.3 Å². The predicted octanol–water partition coefficient (Wildman–Crippen LogP) is 0.902. The van der Waals surface area contributed by atoms with Crippen LogP contribution >= 0.6 is 0 Å². The van der Waals surface area contributed by atoms with E-state index in [0.29, 0.717) is 25.4 Å². The predicted molar refractivity (Wildman–Crippen MR) is 66.3 cm³/mol. The lowest BCUT2D eigenvalue weighted by molar-refractivity contribution is 0.0689. The van der Waals surface area contributed by atoms with Crippen LogP contribution in [0.15, 0.2) is 24.3 Å². The van der Waals surface area contributed by atoms with Gasteiger partial charge in [0.05, 0.1) is 18.8 Å². The number of hydrogen-bond donors (Lipinski definition) is 2. The zero-order valence-corrected chi connectivity index (χ0v) is 10.0. The fourth-order valence-corrected chi connectivity index (χ4v) is 2.11. The van der Waals surface area contributed by atoms with Crippen LogP contribution in [0.4, 0.5) is 5.69 Å². The van der Waals surface area contributed by atoms with Gasteiger partial charge in [-0.1, -0.05) is 12.1 Å². The van der Waals surface area contributed by atoms with Crippen molar-refractivity contribution in [3.8, 4) is 5.75 Å². The van der Waals surface area contributed by atoms with Gasteiger partial charge in [-0.25, -0.2) is 4.79 Å². The third-order valence-corrected chi connectivity index (χ3v) is 2.99. The van der Waals surface area contributed by atoms with Crippen LogP contribution in [0.25, 0.3) is 0 Å². The zero-order chi connectivity index (χ0) is 13.2. The minimum Gasteiger partial charge on any atom is -0.490 e. The van der Waals surface area contributed by atoms with Crippen LogP contribution in [0.2, 0.25) is 0 Å². The maximum atomic E-state index is 11.0. The van der Waals surface area contributed by atoms with Gasteiger partial charge in [0, 0.05) is 0 Å². The molecule has 1 aromatic carbocycles. The summed E-state index contributed by atoms with van der Waals surface area (Å²) in [5.74, 6) is -0.278. The molecule has 2 N–H and O–H groups in total. The highest BCUT2D eigenvalue weighted by atomic mass is 16.5. The number of ether oxygens (including phenoxy) is 1. The van der Waals surface area contributed by atoms with E-state index >= 15 is 0 Å². The molecule has 0 saturated heterocycles. The zero-order valence-electron chi connectivity index (χ0n) is 10.0. The maximum absolute atomic E-state index is 11.0. The molecule has 0 amide bonds. The van der Waals surface area contributed by atoms with Crippen molar-refractivity contribution in [2.75, 3.05) is 18.1 Å². The number of aromatic amines is 1. The van der Waals surface area contributed by atoms with E-state index in [1.165, 1.54) is 0 Å². The number of nitrogens with zero attached hydrogens (tertiary/aromatic N) is 3. The Kier molecular flexibility index (Phi) is 2.79. The van der Waals surface area contributed by atoms with E-state index in [4.69, 9.17) is 9.84 Å². The molecule has 19 heavy (non-hydrogen) atoms. The summed E-state index contributed by atoms with van der Waals surface area (Å²) < 4.78 is 5.55. The van der Waals surface area contributed by atoms with Crippen molar-refractivity contribution in [3.05, 3.63) is 35.7 Å². The number of carboxylic acid groups (broad SMARTS) is 1. The quantitative estimate of drug-likeness (QED) is 0.852. The van der Waals surface area contributed by atoms with Gasteiger partial charge in [0.15, 0.2) is 5.69 Å². The second kappa shape index (κ2) is 4.60. The molecule has 7 nitrogen and oxygen atoms in total. The van der Waals surface area contributed by atoms with E-state index in [-0.39, 0.29) is 5.69 Å². The van der Waals surface area contributed by atoms with Gasteiger partial charge < -0.3 is 14.7 Å². The number of para-hydroxylation sites is 2. The first-order valence-electron chi connectivity index (χ1n) is 5.85. The molecule has 0 fully saturated rings. The molecule has 98 valence electrons. The minimum absolute atomic E-state index is 0.0380. The lowest BCUT2D eigenvalue weighted by Gasteiger charge is -2.30. The van der Waals surface area contributed by atoms with E-state index < -0.39 is 5.97 Å². The van der Waals surface area contributed by atoms with Crippen LogP contribution in [0.3, 0.4) is 0 Å². The Bertz CT molecular complexity index is 611. The van der Waals surface area contributed by atoms with Gasteiger partial charge in [-0.3, -0.25) is 0 Å². The number of fused-ring (bicyclic) bond motifs is 1. The molecule has 1 aromatic heterocycles. The van der Waals surface area contributed by atoms with Gasteiger partial charge in [0.1, 0.15) is 18.1 Å². The van der Waals surface area contributed by atoms with Gasteiger partial charge in [-0.2, -0.15) is 10.3 Å². The number of rotatable bonds is 3. The van der Waals surface area contributed by atoms with Gasteiger partial charge in [-0.15, -0.1) is 5.10 Å². The van der Waals surface area contributed by atoms with Crippen molar-refractivity contribution in [2.24, 2.45) is 0 Å². The number of aromatic nitrogens is 3. The molecule has 2 heterocycles. The number of nitrogens with one attached hydrogen (secondary N) is 1. The Morgan fingerprint density at radius 1 is 1.42 bits per heavy atom. The normalized spacial score (nSPS) is 13.8. The fraction of sp³-hybridized carbons (Fsp3) is 0.250. The van der Waals surface area contributed by atoms with Gasteiger partial charge in [0.25, 0.3) is 0 Å². The van der Waals surface area contributed by atoms with Crippen molar-refractivity contribution < 1.29 is 14.6 Å². The smallest absolute Gasteiger partial charge is 0.358 e. The standard InChI is InChI=1S/C12H12N4O3/c17-12(18)11-8(13-15-14-11)7-16-5-6-19-10-4-2-1-3-9(10)16/h1-4H,5-7H2,(H,17,18)(H,13,14,15). The number of aromatic carboxylic acids is 1. The number of H-pyrrole nitrogens is 1. The average Bonchev–Trinajstić information content (AvgIpc) is 2.87. The third-order valence-electron chi connectivity index (χ3n) is 2.99. The molecule has 0 aliphatic carbocycles. The van der Waals surface area contributed by atoms with E-state index in [1.54, 1.807) is 0 Å². The summed E-state index contributed by atoms with van der Waals surface area (Å²) in [7, 11) is 0. The SMILES string of the molecule is O=C(O)c1n[nH]nc1CN1CCOc2ccccc21. The monoisotopic (exact) mass is 260 g/mol. The Labute approximate surface area is 108 Å². The summed E-state index contributed by atoms with van der Waals surface area (Å²) in [4.78, 5) is 13.0. The number of anilines is 1. The Balaban J connectivity index is 1.89. The first-order chi connectivity index (χ1) is 9.25. The molecule has 3 rings (SSSR count). The summed E-state index contributed by atoms with van der Waals surface area (Å²) in [6.45, 7) is 1.64. The molecule has 0 bridgehead atoms. The average molecular weight is 260 g/mol. The van der Waals surface area contributed by atoms with Crippen molar-refractivity contribution in [1.82, 2.24) is 15.4 Å². The fourth-order valence-electron chi connectivity index (χ4n) is 2.11. The number of benzene rings is 1. The largest absolute Gasteiger partial charge is 0.490 e. The summed E-state index contributed by atoms with van der Waals surface area (Å²) in [5.41, 5.74) is 1.32. The van der Waals surface area contributed by atoms with Crippen molar-refractivity contribution in [2.45, 2.75) is 6.54 Å². The van der Waals surface area contributed by atoms with E-state index in [1.807, 2.05) is 29.2 Å². The van der Waals surface area contributed by atoms with E-state index in [2.05, 4.69) is 15.4 Å². The number of carboxylic acids is 1.